The van der Waals surface area contributed by atoms with Crippen molar-refractivity contribution in [3.63, 3.8) is 0 Å². The third-order valence-corrected chi connectivity index (χ3v) is 5.32. The molecule has 3 aromatic rings. The molecule has 0 atom stereocenters. The molecule has 0 heterocycles. The summed E-state index contributed by atoms with van der Waals surface area (Å²) < 4.78 is 5.81. The van der Waals surface area contributed by atoms with E-state index in [1.54, 1.807) is 0 Å². The van der Waals surface area contributed by atoms with Gasteiger partial charge in [0.2, 0.25) is 0 Å². The number of hydrogen-bond donors (Lipinski definition) is 1. The summed E-state index contributed by atoms with van der Waals surface area (Å²) in [7, 11) is 0. The summed E-state index contributed by atoms with van der Waals surface area (Å²) in [5, 5.41) is 5.00. The van der Waals surface area contributed by atoms with E-state index in [0.717, 1.165) is 16.8 Å². The van der Waals surface area contributed by atoms with Gasteiger partial charge in [-0.05, 0) is 60.9 Å². The standard InChI is InChI=1S/C22H20Cl3NO/c1-14-7-8-18(9-15(14)2)26-12-16-10-20(24)22(21(25)11-16)27-13-17-5-3-4-6-19(17)23/h3-11,26H,12-13H2,1-2H3. The minimum absolute atomic E-state index is 0.305. The van der Waals surface area contributed by atoms with Crippen molar-refractivity contribution >= 4 is 40.5 Å². The quantitative estimate of drug-likeness (QED) is 0.447. The molecule has 0 radical (unpaired) electrons. The first kappa shape index (κ1) is 19.9. The second-order valence-electron chi connectivity index (χ2n) is 6.42. The van der Waals surface area contributed by atoms with Gasteiger partial charge in [-0.1, -0.05) is 59.1 Å². The predicted molar refractivity (Wildman–Crippen MR) is 115 cm³/mol. The van der Waals surface area contributed by atoms with E-state index in [-0.39, 0.29) is 0 Å². The Bertz CT molecular complexity index is 933. The molecule has 0 fully saturated rings. The zero-order valence-electron chi connectivity index (χ0n) is 15.2. The monoisotopic (exact) mass is 419 g/mol. The van der Waals surface area contributed by atoms with Crippen molar-refractivity contribution in [2.45, 2.75) is 27.0 Å². The first-order valence-electron chi connectivity index (χ1n) is 8.59. The van der Waals surface area contributed by atoms with Crippen LogP contribution in [-0.4, -0.2) is 0 Å². The summed E-state index contributed by atoms with van der Waals surface area (Å²) in [5.41, 5.74) is 5.44. The molecule has 0 aliphatic rings. The van der Waals surface area contributed by atoms with E-state index in [2.05, 4.69) is 37.4 Å². The van der Waals surface area contributed by atoms with Crippen LogP contribution in [0.1, 0.15) is 22.3 Å². The van der Waals surface area contributed by atoms with Crippen molar-refractivity contribution in [3.8, 4) is 5.75 Å². The number of ether oxygens (including phenoxy) is 1. The van der Waals surface area contributed by atoms with Gasteiger partial charge < -0.3 is 10.1 Å². The van der Waals surface area contributed by atoms with Crippen LogP contribution in [0.15, 0.2) is 54.6 Å². The highest BCUT2D eigenvalue weighted by atomic mass is 35.5. The van der Waals surface area contributed by atoms with Gasteiger partial charge in [0, 0.05) is 22.8 Å². The molecule has 0 saturated carbocycles. The lowest BCUT2D eigenvalue weighted by molar-refractivity contribution is 0.306. The van der Waals surface area contributed by atoms with Crippen LogP contribution in [-0.2, 0) is 13.2 Å². The fourth-order valence-electron chi connectivity index (χ4n) is 2.67. The highest BCUT2D eigenvalue weighted by Crippen LogP contribution is 2.35. The highest BCUT2D eigenvalue weighted by Gasteiger charge is 2.11. The topological polar surface area (TPSA) is 21.3 Å². The van der Waals surface area contributed by atoms with Gasteiger partial charge in [0.1, 0.15) is 6.61 Å². The lowest BCUT2D eigenvalue weighted by Crippen LogP contribution is -2.02. The Hall–Kier alpha value is -1.87. The van der Waals surface area contributed by atoms with Gasteiger partial charge in [-0.3, -0.25) is 0 Å². The minimum Gasteiger partial charge on any atom is -0.486 e. The number of halogens is 3. The Labute approximate surface area is 175 Å². The number of hydrogen-bond acceptors (Lipinski definition) is 2. The lowest BCUT2D eigenvalue weighted by atomic mass is 10.1. The van der Waals surface area contributed by atoms with Crippen molar-refractivity contribution in [1.29, 1.82) is 0 Å². The normalized spacial score (nSPS) is 10.7. The van der Waals surface area contributed by atoms with Gasteiger partial charge in [0.15, 0.2) is 5.75 Å². The average Bonchev–Trinajstić information content (AvgIpc) is 2.63. The van der Waals surface area contributed by atoms with Crippen molar-refractivity contribution in [2.24, 2.45) is 0 Å². The molecule has 1 N–H and O–H groups in total. The summed E-state index contributed by atoms with van der Waals surface area (Å²) >= 11 is 19.0. The molecule has 5 heteroatoms. The van der Waals surface area contributed by atoms with Crippen LogP contribution in [0.2, 0.25) is 15.1 Å². The highest BCUT2D eigenvalue weighted by molar-refractivity contribution is 6.37. The first-order valence-corrected chi connectivity index (χ1v) is 9.72. The second kappa shape index (κ2) is 8.88. The molecule has 0 aliphatic carbocycles. The number of anilines is 1. The molecule has 0 bridgehead atoms. The van der Waals surface area contributed by atoms with E-state index in [0.29, 0.717) is 34.0 Å². The van der Waals surface area contributed by atoms with Gasteiger partial charge in [-0.15, -0.1) is 0 Å². The molecule has 0 aliphatic heterocycles. The van der Waals surface area contributed by atoms with Crippen molar-refractivity contribution in [3.05, 3.63) is 91.9 Å². The molecular formula is C22H20Cl3NO. The second-order valence-corrected chi connectivity index (χ2v) is 7.64. The molecule has 0 amide bonds. The summed E-state index contributed by atoms with van der Waals surface area (Å²) in [6.07, 6.45) is 0. The maximum absolute atomic E-state index is 6.40. The minimum atomic E-state index is 0.305. The molecule has 3 rings (SSSR count). The Morgan fingerprint density at radius 1 is 0.815 bits per heavy atom. The Balaban J connectivity index is 1.68. The van der Waals surface area contributed by atoms with Crippen molar-refractivity contribution in [2.75, 3.05) is 5.32 Å². The Kier molecular flexibility index (Phi) is 6.54. The number of rotatable bonds is 6. The van der Waals surface area contributed by atoms with Crippen LogP contribution >= 0.6 is 34.8 Å². The van der Waals surface area contributed by atoms with E-state index >= 15 is 0 Å². The molecule has 3 aromatic carbocycles. The third kappa shape index (κ3) is 5.10. The van der Waals surface area contributed by atoms with Gasteiger partial charge >= 0.3 is 0 Å². The van der Waals surface area contributed by atoms with Crippen LogP contribution in [0.3, 0.4) is 0 Å². The van der Waals surface area contributed by atoms with E-state index in [1.165, 1.54) is 11.1 Å². The molecular weight excluding hydrogens is 401 g/mol. The summed E-state index contributed by atoms with van der Waals surface area (Å²) in [6.45, 7) is 5.12. The molecule has 0 unspecified atom stereocenters. The van der Waals surface area contributed by atoms with Crippen molar-refractivity contribution in [1.82, 2.24) is 0 Å². The largest absolute Gasteiger partial charge is 0.486 e. The zero-order chi connectivity index (χ0) is 19.4. The smallest absolute Gasteiger partial charge is 0.156 e. The Morgan fingerprint density at radius 2 is 1.52 bits per heavy atom. The summed E-state index contributed by atoms with van der Waals surface area (Å²) in [4.78, 5) is 0. The first-order chi connectivity index (χ1) is 12.9. The SMILES string of the molecule is Cc1ccc(NCc2cc(Cl)c(OCc3ccccc3Cl)c(Cl)c2)cc1C. The van der Waals surface area contributed by atoms with Crippen LogP contribution in [0.5, 0.6) is 5.75 Å². The van der Waals surface area contributed by atoms with E-state index in [1.807, 2.05) is 36.4 Å². The van der Waals surface area contributed by atoms with Gasteiger partial charge in [0.05, 0.1) is 10.0 Å². The predicted octanol–water partition coefficient (Wildman–Crippen LogP) is 7.45. The lowest BCUT2D eigenvalue weighted by Gasteiger charge is -2.14. The van der Waals surface area contributed by atoms with E-state index < -0.39 is 0 Å². The molecule has 2 nitrogen and oxygen atoms in total. The average molecular weight is 421 g/mol. The summed E-state index contributed by atoms with van der Waals surface area (Å²) in [6, 6.07) is 17.5. The number of aryl methyl sites for hydroxylation is 2. The Morgan fingerprint density at radius 3 is 2.19 bits per heavy atom. The maximum atomic E-state index is 6.40. The number of nitrogens with one attached hydrogen (secondary N) is 1. The maximum Gasteiger partial charge on any atom is 0.156 e. The van der Waals surface area contributed by atoms with Gasteiger partial charge in [0.25, 0.3) is 0 Å². The van der Waals surface area contributed by atoms with Crippen LogP contribution < -0.4 is 10.1 Å². The molecule has 140 valence electrons. The fourth-order valence-corrected chi connectivity index (χ4v) is 3.50. The van der Waals surface area contributed by atoms with Crippen LogP contribution in [0, 0.1) is 13.8 Å². The van der Waals surface area contributed by atoms with Crippen LogP contribution in [0.4, 0.5) is 5.69 Å². The molecule has 0 spiro atoms. The molecule has 0 aromatic heterocycles. The molecule has 0 saturated heterocycles. The van der Waals surface area contributed by atoms with Gasteiger partial charge in [-0.2, -0.15) is 0 Å². The van der Waals surface area contributed by atoms with Crippen LogP contribution in [0.25, 0.3) is 0 Å². The fraction of sp³-hybridized carbons (Fsp3) is 0.182. The number of benzene rings is 3. The van der Waals surface area contributed by atoms with Gasteiger partial charge in [-0.25, -0.2) is 0 Å². The van der Waals surface area contributed by atoms with E-state index in [9.17, 15) is 0 Å². The third-order valence-electron chi connectivity index (χ3n) is 4.39. The molecule has 27 heavy (non-hydrogen) atoms. The zero-order valence-corrected chi connectivity index (χ0v) is 17.4. The van der Waals surface area contributed by atoms with E-state index in [4.69, 9.17) is 39.5 Å². The van der Waals surface area contributed by atoms with Crippen molar-refractivity contribution < 1.29 is 4.74 Å². The summed E-state index contributed by atoms with van der Waals surface area (Å²) in [5.74, 6) is 0.466.